The van der Waals surface area contributed by atoms with Crippen molar-refractivity contribution in [3.8, 4) is 0 Å². The van der Waals surface area contributed by atoms with Crippen molar-refractivity contribution in [1.82, 2.24) is 0 Å². The number of cyclic esters (lactones) is 1. The molecule has 0 radical (unpaired) electrons. The van der Waals surface area contributed by atoms with E-state index < -0.39 is 0 Å². The van der Waals surface area contributed by atoms with Gasteiger partial charge in [-0.3, -0.25) is 4.79 Å². The van der Waals surface area contributed by atoms with E-state index in [-0.39, 0.29) is 12.1 Å². The van der Waals surface area contributed by atoms with Crippen molar-refractivity contribution in [2.45, 2.75) is 90.6 Å². The molecule has 0 bridgehead atoms. The van der Waals surface area contributed by atoms with E-state index in [9.17, 15) is 4.79 Å². The van der Waals surface area contributed by atoms with Crippen LogP contribution in [0.5, 0.6) is 0 Å². The second-order valence-corrected chi connectivity index (χ2v) is 5.92. The van der Waals surface area contributed by atoms with Crippen LogP contribution in [0.3, 0.4) is 0 Å². The molecule has 0 saturated heterocycles. The van der Waals surface area contributed by atoms with Gasteiger partial charge in [-0.2, -0.15) is 0 Å². The molecule has 1 aliphatic heterocycles. The van der Waals surface area contributed by atoms with E-state index >= 15 is 0 Å². The highest BCUT2D eigenvalue weighted by Crippen LogP contribution is 2.15. The molecule has 1 unspecified atom stereocenters. The number of carbonyl (C=O) groups excluding carboxylic acids is 1. The number of ether oxygens (including phenoxy) is 1. The quantitative estimate of drug-likeness (QED) is 0.446. The second kappa shape index (κ2) is 10.1. The van der Waals surface area contributed by atoms with Gasteiger partial charge in [-0.1, -0.05) is 50.2 Å². The molecule has 1 aliphatic rings. The average molecular weight is 266 g/mol. The predicted molar refractivity (Wildman–Crippen MR) is 80.1 cm³/mol. The molecule has 2 heteroatoms. The monoisotopic (exact) mass is 266 g/mol. The lowest BCUT2D eigenvalue weighted by Gasteiger charge is -2.14. The molecule has 19 heavy (non-hydrogen) atoms. The van der Waals surface area contributed by atoms with Gasteiger partial charge in [0.1, 0.15) is 6.10 Å². The summed E-state index contributed by atoms with van der Waals surface area (Å²) in [5.41, 5.74) is 1.35. The van der Waals surface area contributed by atoms with Crippen LogP contribution < -0.4 is 0 Å². The molecular weight excluding hydrogens is 236 g/mol. The number of rotatable bonds is 0. The maximum Gasteiger partial charge on any atom is 0.306 e. The summed E-state index contributed by atoms with van der Waals surface area (Å²) >= 11 is 0. The van der Waals surface area contributed by atoms with Crippen molar-refractivity contribution in [2.75, 3.05) is 0 Å². The summed E-state index contributed by atoms with van der Waals surface area (Å²) in [5.74, 6) is -0.0209. The Morgan fingerprint density at radius 2 is 1.58 bits per heavy atom. The minimum atomic E-state index is -0.0209. The summed E-state index contributed by atoms with van der Waals surface area (Å²) < 4.78 is 5.44. The van der Waals surface area contributed by atoms with Gasteiger partial charge >= 0.3 is 5.97 Å². The highest BCUT2D eigenvalue weighted by Gasteiger charge is 2.10. The maximum atomic E-state index is 11.7. The Labute approximate surface area is 118 Å². The number of hydrogen-bond donors (Lipinski definition) is 0. The third-order valence-electron chi connectivity index (χ3n) is 3.77. The molecule has 0 aromatic heterocycles. The second-order valence-electron chi connectivity index (χ2n) is 5.92. The summed E-state index contributed by atoms with van der Waals surface area (Å²) in [6, 6.07) is 0. The lowest BCUT2D eigenvalue weighted by atomic mass is 10.0. The summed E-state index contributed by atoms with van der Waals surface area (Å²) in [6.45, 7) is 4.14. The zero-order valence-corrected chi connectivity index (χ0v) is 12.7. The van der Waals surface area contributed by atoms with Gasteiger partial charge in [0.2, 0.25) is 0 Å². The maximum absolute atomic E-state index is 11.7. The van der Waals surface area contributed by atoms with Gasteiger partial charge in [-0.05, 0) is 33.1 Å². The SMILES string of the molecule is C/C1=C/CCCCCCCCCCC(=O)OC(C)C1. The van der Waals surface area contributed by atoms with E-state index in [2.05, 4.69) is 13.0 Å². The van der Waals surface area contributed by atoms with Crippen molar-refractivity contribution in [1.29, 1.82) is 0 Å². The van der Waals surface area contributed by atoms with E-state index in [1.807, 2.05) is 6.92 Å². The third kappa shape index (κ3) is 8.85. The third-order valence-corrected chi connectivity index (χ3v) is 3.77. The van der Waals surface area contributed by atoms with E-state index in [4.69, 9.17) is 4.74 Å². The molecule has 2 nitrogen and oxygen atoms in total. The highest BCUT2D eigenvalue weighted by molar-refractivity contribution is 5.69. The van der Waals surface area contributed by atoms with Crippen molar-refractivity contribution in [3.05, 3.63) is 11.6 Å². The molecule has 0 saturated carbocycles. The topological polar surface area (TPSA) is 26.3 Å². The van der Waals surface area contributed by atoms with Gasteiger partial charge in [0, 0.05) is 12.8 Å². The standard InChI is InChI=1S/C17H30O2/c1-15-12-10-8-6-4-3-5-7-9-11-13-17(18)19-16(2)14-15/h12,16H,3-11,13-14H2,1-2H3/b15-12-. The Balaban J connectivity index is 2.40. The molecule has 110 valence electrons. The summed E-state index contributed by atoms with van der Waals surface area (Å²) in [5, 5.41) is 0. The fraction of sp³-hybridized carbons (Fsp3) is 0.824. The molecule has 0 aromatic rings. The van der Waals surface area contributed by atoms with Gasteiger partial charge in [0.25, 0.3) is 0 Å². The molecule has 1 atom stereocenters. The Morgan fingerprint density at radius 3 is 2.26 bits per heavy atom. The van der Waals surface area contributed by atoms with E-state index in [1.54, 1.807) is 0 Å². The van der Waals surface area contributed by atoms with Crippen LogP contribution in [0, 0.1) is 0 Å². The summed E-state index contributed by atoms with van der Waals surface area (Å²) in [7, 11) is 0. The summed E-state index contributed by atoms with van der Waals surface area (Å²) in [6.07, 6.45) is 15.1. The highest BCUT2D eigenvalue weighted by atomic mass is 16.5. The van der Waals surface area contributed by atoms with Gasteiger partial charge in [0.05, 0.1) is 0 Å². The minimum Gasteiger partial charge on any atom is -0.462 e. The molecular formula is C17H30O2. The van der Waals surface area contributed by atoms with Crippen LogP contribution in [0.25, 0.3) is 0 Å². The Bertz CT molecular complexity index is 281. The van der Waals surface area contributed by atoms with Gasteiger partial charge in [0.15, 0.2) is 0 Å². The molecule has 0 amide bonds. The molecule has 0 N–H and O–H groups in total. The van der Waals surface area contributed by atoms with Gasteiger partial charge in [-0.25, -0.2) is 0 Å². The van der Waals surface area contributed by atoms with Gasteiger partial charge < -0.3 is 4.74 Å². The van der Waals surface area contributed by atoms with Crippen LogP contribution in [0.4, 0.5) is 0 Å². The smallest absolute Gasteiger partial charge is 0.306 e. The summed E-state index contributed by atoms with van der Waals surface area (Å²) in [4.78, 5) is 11.7. The van der Waals surface area contributed by atoms with Crippen molar-refractivity contribution < 1.29 is 9.53 Å². The van der Waals surface area contributed by atoms with E-state index in [0.29, 0.717) is 6.42 Å². The molecule has 0 aromatic carbocycles. The lowest BCUT2D eigenvalue weighted by molar-refractivity contribution is -0.148. The van der Waals surface area contributed by atoms with Crippen LogP contribution in [-0.4, -0.2) is 12.1 Å². The first kappa shape index (κ1) is 16.3. The average Bonchev–Trinajstić information content (AvgIpc) is 2.34. The molecule has 1 rings (SSSR count). The largest absolute Gasteiger partial charge is 0.462 e. The van der Waals surface area contributed by atoms with Crippen LogP contribution in [0.1, 0.15) is 84.5 Å². The Kier molecular flexibility index (Phi) is 8.61. The Hall–Kier alpha value is -0.790. The first-order chi connectivity index (χ1) is 9.18. The van der Waals surface area contributed by atoms with Gasteiger partial charge in [-0.15, -0.1) is 0 Å². The molecule has 1 heterocycles. The van der Waals surface area contributed by atoms with Crippen LogP contribution in [-0.2, 0) is 9.53 Å². The number of esters is 1. The van der Waals surface area contributed by atoms with Crippen molar-refractivity contribution in [3.63, 3.8) is 0 Å². The zero-order chi connectivity index (χ0) is 13.9. The number of carbonyl (C=O) groups is 1. The number of allylic oxidation sites excluding steroid dienone is 1. The first-order valence-corrected chi connectivity index (χ1v) is 8.03. The van der Waals surface area contributed by atoms with Crippen LogP contribution in [0.15, 0.2) is 11.6 Å². The molecule has 0 aliphatic carbocycles. The van der Waals surface area contributed by atoms with Crippen molar-refractivity contribution in [2.24, 2.45) is 0 Å². The van der Waals surface area contributed by atoms with E-state index in [0.717, 1.165) is 12.8 Å². The molecule has 0 spiro atoms. The fourth-order valence-electron chi connectivity index (χ4n) is 2.68. The minimum absolute atomic E-state index is 0.0209. The molecule has 0 fully saturated rings. The Morgan fingerprint density at radius 1 is 1.00 bits per heavy atom. The van der Waals surface area contributed by atoms with Crippen LogP contribution >= 0.6 is 0 Å². The van der Waals surface area contributed by atoms with E-state index in [1.165, 1.54) is 56.9 Å². The lowest BCUT2D eigenvalue weighted by Crippen LogP contribution is -2.15. The normalized spacial score (nSPS) is 28.2. The predicted octanol–water partition coefficient (Wildman–Crippen LogP) is 5.17. The van der Waals surface area contributed by atoms with Crippen molar-refractivity contribution >= 4 is 5.97 Å². The first-order valence-electron chi connectivity index (χ1n) is 8.03. The van der Waals surface area contributed by atoms with Crippen LogP contribution in [0.2, 0.25) is 0 Å². The zero-order valence-electron chi connectivity index (χ0n) is 12.7. The fourth-order valence-corrected chi connectivity index (χ4v) is 2.68. The number of hydrogen-bond acceptors (Lipinski definition) is 2.